The summed E-state index contributed by atoms with van der Waals surface area (Å²) in [6.07, 6.45) is -2.16. The average Bonchev–Trinajstić information content (AvgIpc) is 3.07. The normalized spacial score (nSPS) is 17.9. The highest BCUT2D eigenvalue weighted by molar-refractivity contribution is 8.00. The van der Waals surface area contributed by atoms with Gasteiger partial charge >= 0.3 is 11.9 Å². The minimum Gasteiger partial charge on any atom is -0.461 e. The van der Waals surface area contributed by atoms with E-state index in [-0.39, 0.29) is 24.5 Å². The monoisotopic (exact) mass is 630 g/mol. The number of thioether (sulfide) groups is 1. The number of β-lactam (4-membered cyclic amide) rings is 1. The molecular formula is C33H30N2O9S. The molecule has 232 valence electrons. The summed E-state index contributed by atoms with van der Waals surface area (Å²) in [6.45, 7) is 1.17. The number of hydrogen-bond acceptors (Lipinski definition) is 10. The lowest BCUT2D eigenvalue weighted by Crippen LogP contribution is -2.71. The SMILES string of the molecule is CON(C(=O)C(OC=O)c1ccccc1)C1C(=O)N2C(C(=O)OC(c3ccccc3)c3ccccc3)=C(COC(C)=O)CS[C@H]12. The lowest BCUT2D eigenvalue weighted by Gasteiger charge is -2.52. The number of hydroxylamine groups is 2. The van der Waals surface area contributed by atoms with Crippen molar-refractivity contribution >= 4 is 42.0 Å². The van der Waals surface area contributed by atoms with Crippen LogP contribution in [0, 0.1) is 0 Å². The fourth-order valence-corrected chi connectivity index (χ4v) is 6.56. The lowest BCUT2D eigenvalue weighted by molar-refractivity contribution is -0.216. The highest BCUT2D eigenvalue weighted by Gasteiger charge is 2.58. The number of esters is 2. The average molecular weight is 631 g/mol. The summed E-state index contributed by atoms with van der Waals surface area (Å²) in [6, 6.07) is 25.5. The van der Waals surface area contributed by atoms with Gasteiger partial charge in [-0.15, -0.1) is 11.8 Å². The van der Waals surface area contributed by atoms with Gasteiger partial charge in [-0.2, -0.15) is 0 Å². The number of ether oxygens (including phenoxy) is 3. The number of benzene rings is 3. The Hall–Kier alpha value is -4.94. The molecule has 3 atom stereocenters. The van der Waals surface area contributed by atoms with Gasteiger partial charge in [-0.25, -0.2) is 9.86 Å². The third-order valence-corrected chi connectivity index (χ3v) is 8.60. The molecule has 0 bridgehead atoms. The molecule has 0 saturated carbocycles. The van der Waals surface area contributed by atoms with Gasteiger partial charge in [0, 0.05) is 23.8 Å². The summed E-state index contributed by atoms with van der Waals surface area (Å²) in [7, 11) is 1.23. The van der Waals surface area contributed by atoms with Gasteiger partial charge in [-0.05, 0) is 11.1 Å². The molecule has 5 rings (SSSR count). The highest BCUT2D eigenvalue weighted by Crippen LogP contribution is 2.44. The molecule has 3 aromatic rings. The van der Waals surface area contributed by atoms with E-state index in [1.165, 1.54) is 30.7 Å². The number of carbonyl (C=O) groups is 5. The van der Waals surface area contributed by atoms with E-state index in [0.717, 1.165) is 5.06 Å². The smallest absolute Gasteiger partial charge is 0.356 e. The van der Waals surface area contributed by atoms with E-state index in [9.17, 15) is 24.0 Å². The van der Waals surface area contributed by atoms with Gasteiger partial charge in [0.2, 0.25) is 6.10 Å². The zero-order valence-corrected chi connectivity index (χ0v) is 25.3. The van der Waals surface area contributed by atoms with Crippen LogP contribution < -0.4 is 0 Å². The summed E-state index contributed by atoms with van der Waals surface area (Å²) in [5.41, 5.74) is 2.13. The van der Waals surface area contributed by atoms with Crippen molar-refractivity contribution in [2.75, 3.05) is 19.5 Å². The second kappa shape index (κ2) is 14.2. The first-order chi connectivity index (χ1) is 21.8. The van der Waals surface area contributed by atoms with E-state index >= 15 is 0 Å². The molecule has 0 N–H and O–H groups in total. The maximum atomic E-state index is 14.0. The second-order valence-corrected chi connectivity index (χ2v) is 11.2. The maximum absolute atomic E-state index is 14.0. The van der Waals surface area contributed by atoms with E-state index in [2.05, 4.69) is 0 Å². The molecule has 45 heavy (non-hydrogen) atoms. The Balaban J connectivity index is 1.46. The topological polar surface area (TPSA) is 129 Å². The molecular weight excluding hydrogens is 600 g/mol. The molecule has 2 unspecified atom stereocenters. The Bertz CT molecular complexity index is 1540. The molecule has 12 heteroatoms. The van der Waals surface area contributed by atoms with Crippen LogP contribution >= 0.6 is 11.8 Å². The summed E-state index contributed by atoms with van der Waals surface area (Å²) in [5, 5.41) is 0.124. The molecule has 0 radical (unpaired) electrons. The Morgan fingerprint density at radius 2 is 1.49 bits per heavy atom. The Morgan fingerprint density at radius 1 is 0.933 bits per heavy atom. The van der Waals surface area contributed by atoms with Crippen molar-refractivity contribution in [3.63, 3.8) is 0 Å². The first kappa shape index (κ1) is 31.5. The predicted molar refractivity (Wildman–Crippen MR) is 162 cm³/mol. The van der Waals surface area contributed by atoms with Crippen LogP contribution in [0.25, 0.3) is 0 Å². The number of hydrogen-bond donors (Lipinski definition) is 0. The standard InChI is InChI=1S/C33H30N2O9S/c1-21(37)42-18-25-19-45-32-27(35(41-2)31(39)29(43-20-36)24-16-10-5-11-17-24)30(38)34(32)26(25)33(40)44-28(22-12-6-3-7-13-22)23-14-8-4-9-15-23/h3-17,20,27-29,32H,18-19H2,1-2H3/t27?,29?,32-/m1/s1. The summed E-state index contributed by atoms with van der Waals surface area (Å²) >= 11 is 1.26. The van der Waals surface area contributed by atoms with Crippen molar-refractivity contribution in [3.8, 4) is 0 Å². The van der Waals surface area contributed by atoms with E-state index in [1.54, 1.807) is 30.3 Å². The minimum absolute atomic E-state index is 0.0645. The zero-order valence-electron chi connectivity index (χ0n) is 24.4. The van der Waals surface area contributed by atoms with Crippen LogP contribution in [0.2, 0.25) is 0 Å². The number of nitrogens with zero attached hydrogens (tertiary/aromatic N) is 2. The van der Waals surface area contributed by atoms with Crippen molar-refractivity contribution in [1.82, 2.24) is 9.96 Å². The third-order valence-electron chi connectivity index (χ3n) is 7.28. The Kier molecular flexibility index (Phi) is 9.95. The van der Waals surface area contributed by atoms with E-state index in [1.807, 2.05) is 60.7 Å². The lowest BCUT2D eigenvalue weighted by atomic mass is 10.00. The molecule has 0 spiro atoms. The fourth-order valence-electron chi connectivity index (χ4n) is 5.20. The van der Waals surface area contributed by atoms with Crippen molar-refractivity contribution in [3.05, 3.63) is 119 Å². The van der Waals surface area contributed by atoms with Crippen LogP contribution in [-0.2, 0) is 43.0 Å². The first-order valence-corrected chi connectivity index (χ1v) is 15.0. The predicted octanol–water partition coefficient (Wildman–Crippen LogP) is 3.72. The van der Waals surface area contributed by atoms with Crippen molar-refractivity contribution in [1.29, 1.82) is 0 Å². The molecule has 3 aromatic carbocycles. The van der Waals surface area contributed by atoms with Crippen LogP contribution in [0.1, 0.15) is 35.8 Å². The molecule has 2 aliphatic heterocycles. The molecule has 1 saturated heterocycles. The van der Waals surface area contributed by atoms with Crippen molar-refractivity contribution in [2.45, 2.75) is 30.5 Å². The van der Waals surface area contributed by atoms with Gasteiger partial charge in [0.15, 0.2) is 12.1 Å². The number of fused-ring (bicyclic) bond motifs is 1. The van der Waals surface area contributed by atoms with Crippen LogP contribution in [-0.4, -0.2) is 71.1 Å². The molecule has 2 amide bonds. The van der Waals surface area contributed by atoms with Crippen molar-refractivity contribution < 1.29 is 43.0 Å². The summed E-state index contributed by atoms with van der Waals surface area (Å²) < 4.78 is 16.4. The minimum atomic E-state index is -1.36. The van der Waals surface area contributed by atoms with Crippen molar-refractivity contribution in [2.24, 2.45) is 0 Å². The zero-order chi connectivity index (χ0) is 31.9. The van der Waals surface area contributed by atoms with Gasteiger partial charge in [0.25, 0.3) is 18.3 Å². The van der Waals surface area contributed by atoms with Gasteiger partial charge in [-0.1, -0.05) is 91.0 Å². The summed E-state index contributed by atoms with van der Waals surface area (Å²) in [5.74, 6) is -2.55. The quantitative estimate of drug-likeness (QED) is 0.0960. The maximum Gasteiger partial charge on any atom is 0.356 e. The number of rotatable bonds is 12. The molecule has 2 aliphatic rings. The van der Waals surface area contributed by atoms with Gasteiger partial charge in [0.05, 0.1) is 7.11 Å². The molecule has 11 nitrogen and oxygen atoms in total. The van der Waals surface area contributed by atoms with E-state index in [4.69, 9.17) is 19.0 Å². The number of carbonyl (C=O) groups excluding carboxylic acids is 5. The van der Waals surface area contributed by atoms with Gasteiger partial charge < -0.3 is 14.2 Å². The van der Waals surface area contributed by atoms with E-state index < -0.39 is 47.4 Å². The first-order valence-electron chi connectivity index (χ1n) is 14.0. The second-order valence-electron chi connectivity index (χ2n) is 10.1. The van der Waals surface area contributed by atoms with Gasteiger partial charge in [-0.3, -0.25) is 28.9 Å². The number of amides is 2. The van der Waals surface area contributed by atoms with E-state index in [0.29, 0.717) is 22.3 Å². The third kappa shape index (κ3) is 6.61. The highest BCUT2D eigenvalue weighted by atomic mass is 32.2. The largest absolute Gasteiger partial charge is 0.461 e. The molecule has 1 fully saturated rings. The fraction of sp³-hybridized carbons (Fsp3) is 0.242. The molecule has 0 aromatic heterocycles. The molecule has 2 heterocycles. The van der Waals surface area contributed by atoms with Gasteiger partial charge in [0.1, 0.15) is 17.7 Å². The summed E-state index contributed by atoms with van der Waals surface area (Å²) in [4.78, 5) is 71.1. The van der Waals surface area contributed by atoms with Crippen LogP contribution in [0.5, 0.6) is 0 Å². The van der Waals surface area contributed by atoms with Crippen LogP contribution in [0.4, 0.5) is 0 Å². The van der Waals surface area contributed by atoms with Crippen LogP contribution in [0.3, 0.4) is 0 Å². The van der Waals surface area contributed by atoms with Crippen LogP contribution in [0.15, 0.2) is 102 Å². The molecule has 0 aliphatic carbocycles. The Morgan fingerprint density at radius 3 is 2.00 bits per heavy atom. The Labute approximate surface area is 263 Å².